The van der Waals surface area contributed by atoms with Gasteiger partial charge in [0.15, 0.2) is 0 Å². The van der Waals surface area contributed by atoms with Gasteiger partial charge in [0.2, 0.25) is 0 Å². The molecule has 1 amide bonds. The molecule has 1 aliphatic rings. The molecule has 2 aromatic carbocycles. The van der Waals surface area contributed by atoms with Crippen LogP contribution in [0.4, 0.5) is 5.69 Å². The van der Waals surface area contributed by atoms with E-state index in [1.54, 1.807) is 48.5 Å². The fourth-order valence-electron chi connectivity index (χ4n) is 3.21. The van der Waals surface area contributed by atoms with Gasteiger partial charge in [0, 0.05) is 6.04 Å². The Morgan fingerprint density at radius 1 is 1.04 bits per heavy atom. The Morgan fingerprint density at radius 2 is 1.69 bits per heavy atom. The van der Waals surface area contributed by atoms with Crippen molar-refractivity contribution in [3.8, 4) is 0 Å². The highest BCUT2D eigenvalue weighted by atomic mass is 32.2. The highest BCUT2D eigenvalue weighted by Crippen LogP contribution is 2.22. The molecule has 3 rings (SSSR count). The minimum Gasteiger partial charge on any atom is -0.349 e. The highest BCUT2D eigenvalue weighted by molar-refractivity contribution is 7.92. The van der Waals surface area contributed by atoms with Crippen LogP contribution in [0.1, 0.15) is 48.5 Å². The molecule has 138 valence electrons. The minimum absolute atomic E-state index is 0.175. The molecule has 1 fully saturated rings. The second kappa shape index (κ2) is 7.91. The second-order valence-electron chi connectivity index (χ2n) is 6.60. The average molecular weight is 372 g/mol. The molecule has 0 bridgehead atoms. The minimum atomic E-state index is -3.75. The van der Waals surface area contributed by atoms with Crippen molar-refractivity contribution in [2.45, 2.75) is 50.0 Å². The number of anilines is 1. The van der Waals surface area contributed by atoms with E-state index in [1.165, 1.54) is 0 Å². The Balaban J connectivity index is 1.81. The van der Waals surface area contributed by atoms with E-state index in [-0.39, 0.29) is 16.8 Å². The molecule has 0 radical (unpaired) electrons. The van der Waals surface area contributed by atoms with Crippen LogP contribution in [0.15, 0.2) is 53.4 Å². The lowest BCUT2D eigenvalue weighted by atomic mass is 10.1. The van der Waals surface area contributed by atoms with Crippen LogP contribution in [0.3, 0.4) is 0 Å². The lowest BCUT2D eigenvalue weighted by Gasteiger charge is -2.15. The SMILES string of the molecule is CCc1ccc(S(=O)(=O)Nc2ccccc2C(=O)NC2CCCC2)cc1. The quantitative estimate of drug-likeness (QED) is 0.811. The fourth-order valence-corrected chi connectivity index (χ4v) is 4.29. The van der Waals surface area contributed by atoms with Crippen molar-refractivity contribution in [2.75, 3.05) is 4.72 Å². The summed E-state index contributed by atoms with van der Waals surface area (Å²) in [6.45, 7) is 2.01. The number of amides is 1. The first-order chi connectivity index (χ1) is 12.5. The molecule has 5 nitrogen and oxygen atoms in total. The zero-order valence-corrected chi connectivity index (χ0v) is 15.7. The topological polar surface area (TPSA) is 75.3 Å². The molecular weight excluding hydrogens is 348 g/mol. The zero-order valence-electron chi connectivity index (χ0n) is 14.9. The van der Waals surface area contributed by atoms with E-state index < -0.39 is 10.0 Å². The van der Waals surface area contributed by atoms with Crippen LogP contribution < -0.4 is 10.0 Å². The maximum Gasteiger partial charge on any atom is 0.261 e. The third kappa shape index (κ3) is 4.25. The Kier molecular flexibility index (Phi) is 5.61. The van der Waals surface area contributed by atoms with E-state index in [0.717, 1.165) is 37.7 Å². The van der Waals surface area contributed by atoms with Crippen molar-refractivity contribution in [3.05, 3.63) is 59.7 Å². The van der Waals surface area contributed by atoms with Gasteiger partial charge in [-0.1, -0.05) is 44.0 Å². The lowest BCUT2D eigenvalue weighted by Crippen LogP contribution is -2.33. The summed E-state index contributed by atoms with van der Waals surface area (Å²) in [5.41, 5.74) is 1.70. The smallest absolute Gasteiger partial charge is 0.261 e. The van der Waals surface area contributed by atoms with Gasteiger partial charge < -0.3 is 5.32 Å². The number of rotatable bonds is 6. The van der Waals surface area contributed by atoms with Gasteiger partial charge in [-0.25, -0.2) is 8.42 Å². The van der Waals surface area contributed by atoms with Gasteiger partial charge in [-0.3, -0.25) is 9.52 Å². The average Bonchev–Trinajstić information content (AvgIpc) is 3.15. The number of carbonyl (C=O) groups excluding carboxylic acids is 1. The van der Waals surface area contributed by atoms with E-state index >= 15 is 0 Å². The normalized spacial score (nSPS) is 15.0. The van der Waals surface area contributed by atoms with Gasteiger partial charge in [-0.2, -0.15) is 0 Å². The van der Waals surface area contributed by atoms with Crippen LogP contribution in [0.25, 0.3) is 0 Å². The molecule has 6 heteroatoms. The predicted octanol–water partition coefficient (Wildman–Crippen LogP) is 3.72. The molecule has 0 saturated heterocycles. The lowest BCUT2D eigenvalue weighted by molar-refractivity contribution is 0.0939. The largest absolute Gasteiger partial charge is 0.349 e. The Bertz CT molecular complexity index is 870. The van der Waals surface area contributed by atoms with Crippen LogP contribution in [-0.4, -0.2) is 20.4 Å². The van der Waals surface area contributed by atoms with E-state index in [9.17, 15) is 13.2 Å². The predicted molar refractivity (Wildman–Crippen MR) is 103 cm³/mol. The summed E-state index contributed by atoms with van der Waals surface area (Å²) < 4.78 is 27.9. The number of para-hydroxylation sites is 1. The van der Waals surface area contributed by atoms with Crippen molar-refractivity contribution in [1.29, 1.82) is 0 Å². The summed E-state index contributed by atoms with van der Waals surface area (Å²) in [5, 5.41) is 3.00. The van der Waals surface area contributed by atoms with Gasteiger partial charge in [0.05, 0.1) is 16.1 Å². The molecule has 1 saturated carbocycles. The molecule has 26 heavy (non-hydrogen) atoms. The molecular formula is C20H24N2O3S. The molecule has 2 N–H and O–H groups in total. The van der Waals surface area contributed by atoms with Crippen LogP contribution >= 0.6 is 0 Å². The first-order valence-electron chi connectivity index (χ1n) is 9.01. The Hall–Kier alpha value is -2.34. The number of carbonyl (C=O) groups is 1. The summed E-state index contributed by atoms with van der Waals surface area (Å²) in [7, 11) is -3.75. The Morgan fingerprint density at radius 3 is 2.35 bits per heavy atom. The van der Waals surface area contributed by atoms with E-state index in [4.69, 9.17) is 0 Å². The van der Waals surface area contributed by atoms with Crippen LogP contribution in [0.2, 0.25) is 0 Å². The number of nitrogens with one attached hydrogen (secondary N) is 2. The molecule has 0 spiro atoms. The third-order valence-corrected chi connectivity index (χ3v) is 6.13. The standard InChI is InChI=1S/C20H24N2O3S/c1-2-15-11-13-17(14-12-15)26(24,25)22-19-10-6-5-9-18(19)20(23)21-16-7-3-4-8-16/h5-6,9-14,16,22H,2-4,7-8H2,1H3,(H,21,23). The van der Waals surface area contributed by atoms with Gasteiger partial charge >= 0.3 is 0 Å². The van der Waals surface area contributed by atoms with E-state index in [2.05, 4.69) is 10.0 Å². The number of sulfonamides is 1. The summed E-state index contributed by atoms with van der Waals surface area (Å²) in [6, 6.07) is 13.6. The molecule has 0 unspecified atom stereocenters. The van der Waals surface area contributed by atoms with Gasteiger partial charge in [-0.05, 0) is 49.1 Å². The van der Waals surface area contributed by atoms with E-state index in [0.29, 0.717) is 11.3 Å². The molecule has 0 aromatic heterocycles. The summed E-state index contributed by atoms with van der Waals surface area (Å²) in [6.07, 6.45) is 5.03. The monoisotopic (exact) mass is 372 g/mol. The Labute approximate surface area is 154 Å². The fraction of sp³-hybridized carbons (Fsp3) is 0.350. The van der Waals surface area contributed by atoms with Crippen LogP contribution in [0.5, 0.6) is 0 Å². The summed E-state index contributed by atoms with van der Waals surface area (Å²) >= 11 is 0. The van der Waals surface area contributed by atoms with Gasteiger partial charge in [0.1, 0.15) is 0 Å². The number of hydrogen-bond acceptors (Lipinski definition) is 3. The van der Waals surface area contributed by atoms with Crippen molar-refractivity contribution in [3.63, 3.8) is 0 Å². The third-order valence-electron chi connectivity index (χ3n) is 4.75. The zero-order chi connectivity index (χ0) is 18.6. The van der Waals surface area contributed by atoms with Crippen molar-refractivity contribution >= 4 is 21.6 Å². The maximum atomic E-state index is 12.7. The molecule has 1 aliphatic carbocycles. The van der Waals surface area contributed by atoms with E-state index in [1.807, 2.05) is 6.92 Å². The summed E-state index contributed by atoms with van der Waals surface area (Å²) in [4.78, 5) is 12.8. The second-order valence-corrected chi connectivity index (χ2v) is 8.29. The first kappa shape index (κ1) is 18.5. The van der Waals surface area contributed by atoms with Gasteiger partial charge in [0.25, 0.3) is 15.9 Å². The van der Waals surface area contributed by atoms with Crippen molar-refractivity contribution in [1.82, 2.24) is 5.32 Å². The first-order valence-corrected chi connectivity index (χ1v) is 10.5. The van der Waals surface area contributed by atoms with Crippen LogP contribution in [0, 0.1) is 0 Å². The number of hydrogen-bond donors (Lipinski definition) is 2. The summed E-state index contributed by atoms with van der Waals surface area (Å²) in [5.74, 6) is -0.239. The number of benzene rings is 2. The van der Waals surface area contributed by atoms with Crippen molar-refractivity contribution < 1.29 is 13.2 Å². The van der Waals surface area contributed by atoms with Gasteiger partial charge in [-0.15, -0.1) is 0 Å². The number of aryl methyl sites for hydroxylation is 1. The molecule has 2 aromatic rings. The van der Waals surface area contributed by atoms with Crippen molar-refractivity contribution in [2.24, 2.45) is 0 Å². The highest BCUT2D eigenvalue weighted by Gasteiger charge is 2.22. The van der Waals surface area contributed by atoms with Crippen LogP contribution in [-0.2, 0) is 16.4 Å². The molecule has 0 heterocycles. The maximum absolute atomic E-state index is 12.7. The molecule has 0 aliphatic heterocycles. The molecule has 0 atom stereocenters.